The fourth-order valence-corrected chi connectivity index (χ4v) is 13.1. The molecule has 0 amide bonds. The average molecular weight is 1180 g/mol. The van der Waals surface area contributed by atoms with Crippen molar-refractivity contribution < 1.29 is 70.7 Å². The van der Waals surface area contributed by atoms with E-state index in [2.05, 4.69) is 42.2 Å². The zero-order valence-electron chi connectivity index (χ0n) is 39.0. The van der Waals surface area contributed by atoms with Crippen molar-refractivity contribution in [3.05, 3.63) is 84.9 Å². The normalized spacial score (nSPS) is 30.1. The summed E-state index contributed by atoms with van der Waals surface area (Å²) in [6.45, 7) is -15.5. The van der Waals surface area contributed by atoms with Gasteiger partial charge in [-0.25, -0.2) is 23.9 Å². The second-order valence-corrected chi connectivity index (χ2v) is 25.8. The third kappa shape index (κ3) is 13.0. The van der Waals surface area contributed by atoms with E-state index in [9.17, 15) is 43.7 Å². The van der Waals surface area contributed by atoms with E-state index in [1.807, 2.05) is 0 Å². The van der Waals surface area contributed by atoms with Gasteiger partial charge in [-0.05, 0) is 41.8 Å². The molecule has 9 heterocycles. The number of nitrogens with one attached hydrogen (secondary N) is 1. The minimum atomic E-state index is -4.45. The van der Waals surface area contributed by atoms with Crippen LogP contribution in [0.1, 0.15) is 50.6 Å². The van der Waals surface area contributed by atoms with Gasteiger partial charge in [-0.2, -0.15) is 19.9 Å². The Morgan fingerprint density at radius 2 is 1.07 bits per heavy atom. The first-order chi connectivity index (χ1) is 35.9. The molecule has 4 aliphatic heterocycles. The summed E-state index contributed by atoms with van der Waals surface area (Å²) in [7, 11) is 0. The van der Waals surface area contributed by atoms with E-state index in [4.69, 9.17) is 92.6 Å². The van der Waals surface area contributed by atoms with Crippen LogP contribution in [0, 0.1) is 0 Å². The number of aliphatic hydroxyl groups is 2. The Morgan fingerprint density at radius 3 is 1.55 bits per heavy atom. The van der Waals surface area contributed by atoms with Crippen LogP contribution in [0.4, 0.5) is 23.4 Å². The molecule has 39 heteroatoms. The third-order valence-electron chi connectivity index (χ3n) is 12.2. The fraction of sp³-hybridized carbons (Fsp3) is 0.541. The van der Waals surface area contributed by atoms with Crippen LogP contribution < -0.4 is 45.6 Å². The number of anilines is 4. The topological polar surface area (TPSA) is 463 Å². The molecule has 414 valence electrons. The molecule has 15 atom stereocenters. The number of H-pyrrole nitrogens is 1. The molecule has 0 aromatic carbocycles. The molecular formula is C37H49N14O19P3S3. The van der Waals surface area contributed by atoms with E-state index in [-0.39, 0.29) is 60.2 Å². The summed E-state index contributed by atoms with van der Waals surface area (Å²) in [6, 6.07) is 4.07. The zero-order valence-corrected chi connectivity index (χ0v) is 44.2. The maximum Gasteiger partial charge on any atom is 0.386 e. The number of hydrogen-bond donors (Lipinski definition) is 10. The van der Waals surface area contributed by atoms with Crippen LogP contribution in [-0.4, -0.2) is 143 Å². The van der Waals surface area contributed by atoms with Crippen molar-refractivity contribution in [1.82, 2.24) is 48.2 Å². The minimum Gasteiger partial charge on any atom is -0.394 e. The molecule has 33 nitrogen and oxygen atoms in total. The number of thiol groups is 1. The van der Waals surface area contributed by atoms with E-state index in [0.29, 0.717) is 0 Å². The first-order valence-corrected chi connectivity index (χ1v) is 30.5. The lowest BCUT2D eigenvalue weighted by atomic mass is 10.2. The van der Waals surface area contributed by atoms with Crippen LogP contribution in [0.3, 0.4) is 0 Å². The smallest absolute Gasteiger partial charge is 0.386 e. The van der Waals surface area contributed by atoms with Crippen molar-refractivity contribution in [2.75, 3.05) is 49.4 Å². The van der Waals surface area contributed by atoms with Crippen LogP contribution in [0.15, 0.2) is 62.3 Å². The number of rotatable bonds is 20. The number of fused-ring (bicyclic) bond motifs is 1. The van der Waals surface area contributed by atoms with Gasteiger partial charge < -0.3 is 80.0 Å². The quantitative estimate of drug-likeness (QED) is 0.0310. The number of ether oxygens (including phenoxy) is 4. The highest BCUT2D eigenvalue weighted by atomic mass is 32.7. The van der Waals surface area contributed by atoms with Crippen LogP contribution in [0.25, 0.3) is 11.2 Å². The summed E-state index contributed by atoms with van der Waals surface area (Å²) in [5.41, 5.74) is 19.7. The Morgan fingerprint density at radius 1 is 0.645 bits per heavy atom. The van der Waals surface area contributed by atoms with Gasteiger partial charge in [0.15, 0.2) is 11.2 Å². The molecule has 4 saturated heterocycles. The van der Waals surface area contributed by atoms with E-state index in [1.54, 1.807) is 0 Å². The summed E-state index contributed by atoms with van der Waals surface area (Å²) in [5, 5.41) is 20.8. The number of nitrogen functional groups attached to an aromatic ring is 4. The van der Waals surface area contributed by atoms with Crippen molar-refractivity contribution in [3.63, 3.8) is 0 Å². The number of nitrogens with zero attached hydrogens (tertiary/aromatic N) is 9. The summed E-state index contributed by atoms with van der Waals surface area (Å²) in [4.78, 5) is 95.2. The molecule has 5 aromatic rings. The Kier molecular flexibility index (Phi) is 16.8. The lowest BCUT2D eigenvalue weighted by molar-refractivity contribution is -0.0557. The molecule has 13 N–H and O–H groups in total. The number of aromatic nitrogens is 10. The summed E-state index contributed by atoms with van der Waals surface area (Å²) >= 11 is 15.0. The number of hydrogen-bond acceptors (Lipinski definition) is 28. The molecule has 0 spiro atoms. The molecule has 0 bridgehead atoms. The molecule has 0 saturated carbocycles. The van der Waals surface area contributed by atoms with Crippen molar-refractivity contribution in [2.24, 2.45) is 0 Å². The molecule has 9 rings (SSSR count). The van der Waals surface area contributed by atoms with Crippen LogP contribution in [-0.2, 0) is 74.3 Å². The Balaban J connectivity index is 0.891. The fourth-order valence-electron chi connectivity index (χ4n) is 8.64. The van der Waals surface area contributed by atoms with E-state index < -0.39 is 143 Å². The Hall–Kier alpha value is -4.49. The minimum absolute atomic E-state index is 0.00213. The average Bonchev–Trinajstić information content (AvgIpc) is 4.18. The van der Waals surface area contributed by atoms with Gasteiger partial charge in [0.2, 0.25) is 5.95 Å². The lowest BCUT2D eigenvalue weighted by Gasteiger charge is -2.27. The van der Waals surface area contributed by atoms with Crippen molar-refractivity contribution in [2.45, 2.75) is 99.4 Å². The van der Waals surface area contributed by atoms with Gasteiger partial charge >= 0.3 is 37.3 Å². The predicted octanol–water partition coefficient (Wildman–Crippen LogP) is -1.60. The molecule has 4 fully saturated rings. The number of aliphatic hydroxyl groups excluding tert-OH is 2. The van der Waals surface area contributed by atoms with Gasteiger partial charge in [-0.15, -0.1) is 0 Å². The van der Waals surface area contributed by atoms with E-state index >= 15 is 0 Å². The molecule has 76 heavy (non-hydrogen) atoms. The molecule has 0 radical (unpaired) electrons. The lowest BCUT2D eigenvalue weighted by Crippen LogP contribution is -2.31. The first kappa shape index (κ1) is 56.2. The highest BCUT2D eigenvalue weighted by molar-refractivity contribution is 8.44. The van der Waals surface area contributed by atoms with Crippen LogP contribution >= 0.6 is 32.5 Å². The standard InChI is InChI=1S/C37H49N14O19P3S3/c38-24-1-4-48(35(55)43-24)27-7-16(53)21(65-27)12-61-71(58,74)69-18-9-29(50-6-3-26(40)45-37(50)57)66-22(18)13-63-73(60,76)70-19-10-30(51-15-42-31-32(51)46-34(41)47-33(31)54)67-23(19)14-62-72(59,75)68-17-8-28(64-20(17)11-52)49-5-2-25(39)44-36(49)56/h1-6,15-23,27-30,52-53H,7-14H2,(H,58,74)(H,59,75)(H,60,76)(H2,38,43,55)(H2,39,44,56)(H2,40,45,57)(H3,41,46,47,54)/t16-,17-,18-,19-,20+,21+,22+,23+,27+,28+,29+,30+,71?,72?,73?/m0/s1. The van der Waals surface area contributed by atoms with Crippen LogP contribution in [0.2, 0.25) is 0 Å². The van der Waals surface area contributed by atoms with Gasteiger partial charge in [0.25, 0.3) is 5.56 Å². The monoisotopic (exact) mass is 1180 g/mol. The largest absolute Gasteiger partial charge is 0.394 e. The molecule has 3 unspecified atom stereocenters. The molecular weight excluding hydrogens is 1130 g/mol. The van der Waals surface area contributed by atoms with Crippen LogP contribution in [0.5, 0.6) is 0 Å². The number of nitrogens with two attached hydrogens (primary N) is 4. The third-order valence-corrected chi connectivity index (χ3v) is 17.0. The number of imidazole rings is 1. The molecule has 0 aliphatic carbocycles. The van der Waals surface area contributed by atoms with E-state index in [0.717, 1.165) is 13.7 Å². The second kappa shape index (κ2) is 22.7. The second-order valence-electron chi connectivity index (χ2n) is 17.3. The Bertz CT molecular complexity index is 3360. The molecule has 5 aromatic heterocycles. The SMILES string of the molecule is Nc1ccn([C@H]2C[C@H](OP(=O)(S)OC[C@H]3O[C@@H](n4cnc5c(=O)[nH]c(N)nc54)C[C@@H]3OP(O)(=S)OC[C@H]3O[C@@H](n4ccc(N)nc4=O)C[C@@H]3OP(O)(=S)OC[C@H]3O[C@@H](n4ccc(N)nc4=O)C[C@@H]3O)[C@@H](CO)O2)c(=O)n1. The Labute approximate surface area is 441 Å². The van der Waals surface area contributed by atoms with Gasteiger partial charge in [0.1, 0.15) is 72.9 Å². The van der Waals surface area contributed by atoms with Gasteiger partial charge in [0.05, 0.1) is 51.1 Å². The highest BCUT2D eigenvalue weighted by Gasteiger charge is 2.47. The van der Waals surface area contributed by atoms with Gasteiger partial charge in [0, 0.05) is 44.3 Å². The summed E-state index contributed by atoms with van der Waals surface area (Å²) in [6.07, 6.45) is -9.08. The first-order valence-electron chi connectivity index (χ1n) is 22.6. The predicted molar refractivity (Wildman–Crippen MR) is 271 cm³/mol. The number of aromatic amines is 1. The van der Waals surface area contributed by atoms with Crippen molar-refractivity contribution in [3.8, 4) is 0 Å². The highest BCUT2D eigenvalue weighted by Crippen LogP contribution is 2.57. The van der Waals surface area contributed by atoms with Crippen molar-refractivity contribution in [1.29, 1.82) is 0 Å². The van der Waals surface area contributed by atoms with Gasteiger partial charge in [-0.3, -0.25) is 37.1 Å². The molecule has 4 aliphatic rings. The van der Waals surface area contributed by atoms with E-state index in [1.165, 1.54) is 47.7 Å². The summed E-state index contributed by atoms with van der Waals surface area (Å²) in [5.74, 6) is -0.372. The zero-order chi connectivity index (χ0) is 54.4. The van der Waals surface area contributed by atoms with Gasteiger partial charge in [-0.1, -0.05) is 12.2 Å². The summed E-state index contributed by atoms with van der Waals surface area (Å²) < 4.78 is 77.3. The maximum atomic E-state index is 13.9. The van der Waals surface area contributed by atoms with Crippen molar-refractivity contribution >= 4 is 90.7 Å². The maximum absolute atomic E-state index is 13.9.